The summed E-state index contributed by atoms with van der Waals surface area (Å²) < 4.78 is 5.68. The number of para-hydroxylation sites is 1. The van der Waals surface area contributed by atoms with Crippen LogP contribution in [0.3, 0.4) is 0 Å². The van der Waals surface area contributed by atoms with Crippen LogP contribution in [0.25, 0.3) is 17.4 Å². The minimum atomic E-state index is -0.494. The molecule has 0 radical (unpaired) electrons. The number of nitro groups is 1. The van der Waals surface area contributed by atoms with Crippen LogP contribution in [0.15, 0.2) is 63.9 Å². The molecule has 1 aliphatic heterocycles. The highest BCUT2D eigenvalue weighted by molar-refractivity contribution is 8.18. The summed E-state index contributed by atoms with van der Waals surface area (Å²) in [6.45, 7) is 0.0541. The third-order valence-electron chi connectivity index (χ3n) is 4.46. The van der Waals surface area contributed by atoms with Crippen molar-refractivity contribution in [3.8, 4) is 11.3 Å². The highest BCUT2D eigenvalue weighted by Gasteiger charge is 2.35. The fraction of sp³-hybridized carbons (Fsp3) is 0.0476. The summed E-state index contributed by atoms with van der Waals surface area (Å²) in [5.74, 6) is 0.117. The number of amides is 2. The first-order valence-corrected chi connectivity index (χ1v) is 10.4. The number of nitrogens with zero attached hydrogens (tertiary/aromatic N) is 2. The molecule has 4 rings (SSSR count). The van der Waals surface area contributed by atoms with Gasteiger partial charge in [-0.2, -0.15) is 0 Å². The SMILES string of the molecule is O=C1S/C(=C\c2ccc(-c3ccccc3[N+](=O)[O-])o2)C(=O)N1Cc1ccc(Cl)c(Cl)c1. The van der Waals surface area contributed by atoms with Gasteiger partial charge >= 0.3 is 0 Å². The average molecular weight is 475 g/mol. The average Bonchev–Trinajstić information content (AvgIpc) is 3.31. The van der Waals surface area contributed by atoms with Gasteiger partial charge in [-0.25, -0.2) is 0 Å². The molecule has 0 bridgehead atoms. The zero-order valence-electron chi connectivity index (χ0n) is 15.6. The van der Waals surface area contributed by atoms with Gasteiger partial charge in [-0.1, -0.05) is 41.4 Å². The molecule has 0 unspecified atom stereocenters. The Bertz CT molecular complexity index is 1250. The summed E-state index contributed by atoms with van der Waals surface area (Å²) in [6.07, 6.45) is 1.44. The van der Waals surface area contributed by atoms with Crippen LogP contribution in [0.2, 0.25) is 10.0 Å². The number of rotatable bonds is 5. The van der Waals surface area contributed by atoms with Crippen LogP contribution in [0, 0.1) is 10.1 Å². The number of halogens is 2. The van der Waals surface area contributed by atoms with Gasteiger partial charge in [0.05, 0.1) is 32.0 Å². The molecule has 156 valence electrons. The van der Waals surface area contributed by atoms with E-state index in [1.165, 1.54) is 12.1 Å². The molecule has 3 aromatic rings. The minimum Gasteiger partial charge on any atom is -0.456 e. The second kappa shape index (κ2) is 8.58. The van der Waals surface area contributed by atoms with E-state index < -0.39 is 16.1 Å². The van der Waals surface area contributed by atoms with Crippen molar-refractivity contribution in [1.82, 2.24) is 4.90 Å². The highest BCUT2D eigenvalue weighted by Crippen LogP contribution is 2.36. The maximum Gasteiger partial charge on any atom is 0.293 e. The van der Waals surface area contributed by atoms with Gasteiger partial charge in [0.1, 0.15) is 11.5 Å². The fourth-order valence-corrected chi connectivity index (χ4v) is 4.14. The predicted octanol–water partition coefficient (Wildman–Crippen LogP) is 6.40. The number of carbonyl (C=O) groups excluding carboxylic acids is 2. The van der Waals surface area contributed by atoms with Crippen LogP contribution in [-0.2, 0) is 11.3 Å². The number of hydrogen-bond acceptors (Lipinski definition) is 6. The Morgan fingerprint density at radius 1 is 1.06 bits per heavy atom. The molecule has 0 saturated carbocycles. The maximum absolute atomic E-state index is 12.7. The van der Waals surface area contributed by atoms with Gasteiger partial charge < -0.3 is 4.42 Å². The van der Waals surface area contributed by atoms with E-state index in [0.29, 0.717) is 26.9 Å². The van der Waals surface area contributed by atoms with Gasteiger partial charge in [0.25, 0.3) is 16.8 Å². The first kappa shape index (κ1) is 21.2. The van der Waals surface area contributed by atoms with E-state index in [2.05, 4.69) is 0 Å². The summed E-state index contributed by atoms with van der Waals surface area (Å²) in [4.78, 5) is 37.1. The number of hydrogen-bond donors (Lipinski definition) is 0. The van der Waals surface area contributed by atoms with E-state index in [-0.39, 0.29) is 22.9 Å². The summed E-state index contributed by atoms with van der Waals surface area (Å²) in [7, 11) is 0. The van der Waals surface area contributed by atoms with Gasteiger partial charge in [-0.05, 0) is 47.7 Å². The van der Waals surface area contributed by atoms with Crippen molar-refractivity contribution in [3.63, 3.8) is 0 Å². The van der Waals surface area contributed by atoms with Gasteiger partial charge in [0, 0.05) is 12.1 Å². The normalized spacial score (nSPS) is 15.2. The Morgan fingerprint density at radius 3 is 2.58 bits per heavy atom. The Hall–Kier alpha value is -3.07. The molecule has 10 heteroatoms. The van der Waals surface area contributed by atoms with Crippen molar-refractivity contribution >= 4 is 57.9 Å². The molecule has 2 amide bonds. The van der Waals surface area contributed by atoms with Crippen LogP contribution >= 0.6 is 35.0 Å². The molecule has 1 saturated heterocycles. The number of furan rings is 1. The molecule has 1 fully saturated rings. The smallest absolute Gasteiger partial charge is 0.293 e. The number of thioether (sulfide) groups is 1. The monoisotopic (exact) mass is 474 g/mol. The molecular weight excluding hydrogens is 463 g/mol. The number of nitro benzene ring substituents is 1. The van der Waals surface area contributed by atoms with Crippen LogP contribution < -0.4 is 0 Å². The van der Waals surface area contributed by atoms with Crippen LogP contribution in [0.4, 0.5) is 10.5 Å². The van der Waals surface area contributed by atoms with Crippen LogP contribution in [-0.4, -0.2) is 21.0 Å². The van der Waals surface area contributed by atoms with Crippen molar-refractivity contribution in [2.24, 2.45) is 0 Å². The molecule has 2 heterocycles. The summed E-state index contributed by atoms with van der Waals surface area (Å²) in [5, 5.41) is 11.5. The third-order valence-corrected chi connectivity index (χ3v) is 6.11. The molecule has 0 aliphatic carbocycles. The topological polar surface area (TPSA) is 93.7 Å². The van der Waals surface area contributed by atoms with E-state index in [1.807, 2.05) is 0 Å². The van der Waals surface area contributed by atoms with Crippen molar-refractivity contribution in [2.75, 3.05) is 0 Å². The Balaban J connectivity index is 1.56. The summed E-state index contributed by atoms with van der Waals surface area (Å²) in [5.41, 5.74) is 0.889. The quantitative estimate of drug-likeness (QED) is 0.241. The Kier molecular flexibility index (Phi) is 5.86. The van der Waals surface area contributed by atoms with E-state index >= 15 is 0 Å². The molecule has 1 aromatic heterocycles. The Morgan fingerprint density at radius 2 is 1.84 bits per heavy atom. The zero-order valence-corrected chi connectivity index (χ0v) is 17.9. The second-order valence-corrected chi connectivity index (χ2v) is 8.30. The summed E-state index contributed by atoms with van der Waals surface area (Å²) >= 11 is 12.7. The second-order valence-electron chi connectivity index (χ2n) is 6.49. The third kappa shape index (κ3) is 4.36. The highest BCUT2D eigenvalue weighted by atomic mass is 35.5. The Labute approximate surface area is 190 Å². The molecule has 7 nitrogen and oxygen atoms in total. The number of imide groups is 1. The van der Waals surface area contributed by atoms with Gasteiger partial charge in [0.15, 0.2) is 0 Å². The molecule has 2 aromatic carbocycles. The molecule has 0 atom stereocenters. The predicted molar refractivity (Wildman–Crippen MR) is 119 cm³/mol. The lowest BCUT2D eigenvalue weighted by atomic mass is 10.1. The lowest BCUT2D eigenvalue weighted by Gasteiger charge is -2.12. The van der Waals surface area contributed by atoms with E-state index in [1.54, 1.807) is 48.5 Å². The first-order chi connectivity index (χ1) is 14.8. The maximum atomic E-state index is 12.7. The molecule has 0 N–H and O–H groups in total. The molecule has 0 spiro atoms. The molecule has 31 heavy (non-hydrogen) atoms. The number of carbonyl (C=O) groups is 2. The summed E-state index contributed by atoms with van der Waals surface area (Å²) in [6, 6.07) is 14.2. The minimum absolute atomic E-state index is 0.0541. The zero-order chi connectivity index (χ0) is 22.1. The van der Waals surface area contributed by atoms with Gasteiger partial charge in [0.2, 0.25) is 0 Å². The van der Waals surface area contributed by atoms with Gasteiger partial charge in [-0.15, -0.1) is 0 Å². The van der Waals surface area contributed by atoms with E-state index in [4.69, 9.17) is 27.6 Å². The largest absolute Gasteiger partial charge is 0.456 e. The lowest BCUT2D eigenvalue weighted by Crippen LogP contribution is -2.27. The fourth-order valence-electron chi connectivity index (χ4n) is 3.00. The van der Waals surface area contributed by atoms with Crippen molar-refractivity contribution in [3.05, 3.63) is 91.0 Å². The van der Waals surface area contributed by atoms with Gasteiger partial charge in [-0.3, -0.25) is 24.6 Å². The molecule has 1 aliphatic rings. The molecular formula is C21H12Cl2N2O5S. The lowest BCUT2D eigenvalue weighted by molar-refractivity contribution is -0.384. The van der Waals surface area contributed by atoms with Crippen molar-refractivity contribution in [1.29, 1.82) is 0 Å². The van der Waals surface area contributed by atoms with Crippen LogP contribution in [0.1, 0.15) is 11.3 Å². The van der Waals surface area contributed by atoms with E-state index in [0.717, 1.165) is 16.7 Å². The van der Waals surface area contributed by atoms with Crippen molar-refractivity contribution in [2.45, 2.75) is 6.54 Å². The standard InChI is InChI=1S/C21H12Cl2N2O5S/c22-15-7-5-12(9-16(15)23)11-24-20(26)19(31-21(24)27)10-13-6-8-18(30-13)14-3-1-2-4-17(14)25(28)29/h1-10H,11H2/b19-10-. The van der Waals surface area contributed by atoms with Crippen LogP contribution in [0.5, 0.6) is 0 Å². The van der Waals surface area contributed by atoms with E-state index in [9.17, 15) is 19.7 Å². The number of benzene rings is 2. The first-order valence-electron chi connectivity index (χ1n) is 8.86. The van der Waals surface area contributed by atoms with Crippen molar-refractivity contribution < 1.29 is 18.9 Å².